The molecule has 0 spiro atoms. The lowest BCUT2D eigenvalue weighted by atomic mass is 10.4. The van der Waals surface area contributed by atoms with E-state index in [9.17, 15) is 13.2 Å². The SMILES string of the molecule is CNc1nc(C(F)(F)F)nc2c1ncn2Cc1cccs1. The number of fused-ring (bicyclic) bond motifs is 1. The van der Waals surface area contributed by atoms with Crippen LogP contribution in [0.4, 0.5) is 19.0 Å². The largest absolute Gasteiger partial charge is 0.451 e. The van der Waals surface area contributed by atoms with Gasteiger partial charge >= 0.3 is 6.18 Å². The van der Waals surface area contributed by atoms with Gasteiger partial charge in [0.05, 0.1) is 12.9 Å². The quantitative estimate of drug-likeness (QED) is 0.807. The van der Waals surface area contributed by atoms with Crippen molar-refractivity contribution in [3.8, 4) is 0 Å². The molecule has 3 rings (SSSR count). The molecule has 0 aliphatic carbocycles. The van der Waals surface area contributed by atoms with Crippen molar-refractivity contribution in [1.82, 2.24) is 19.5 Å². The van der Waals surface area contributed by atoms with E-state index in [0.29, 0.717) is 12.1 Å². The average Bonchev–Trinajstić information content (AvgIpc) is 3.07. The van der Waals surface area contributed by atoms with E-state index in [2.05, 4.69) is 20.3 Å². The summed E-state index contributed by atoms with van der Waals surface area (Å²) in [5.74, 6) is -1.11. The normalized spacial score (nSPS) is 12.0. The zero-order valence-electron chi connectivity index (χ0n) is 10.8. The fraction of sp³-hybridized carbons (Fsp3) is 0.250. The number of nitrogens with one attached hydrogen (secondary N) is 1. The lowest BCUT2D eigenvalue weighted by Gasteiger charge is -2.08. The summed E-state index contributed by atoms with van der Waals surface area (Å²) >= 11 is 1.52. The zero-order valence-corrected chi connectivity index (χ0v) is 11.7. The van der Waals surface area contributed by atoms with Gasteiger partial charge in [-0.1, -0.05) is 6.07 Å². The minimum Gasteiger partial charge on any atom is -0.371 e. The number of hydrogen-bond donors (Lipinski definition) is 1. The number of thiophene rings is 1. The predicted molar refractivity (Wildman–Crippen MR) is 73.3 cm³/mol. The van der Waals surface area contributed by atoms with Gasteiger partial charge in [-0.15, -0.1) is 11.3 Å². The molecule has 3 heterocycles. The first kappa shape index (κ1) is 13.8. The predicted octanol–water partition coefficient (Wildman–Crippen LogP) is 3.00. The molecule has 3 aromatic heterocycles. The highest BCUT2D eigenvalue weighted by Gasteiger charge is 2.36. The van der Waals surface area contributed by atoms with Crippen molar-refractivity contribution < 1.29 is 13.2 Å². The maximum atomic E-state index is 12.9. The Morgan fingerprint density at radius 1 is 1.33 bits per heavy atom. The Hall–Kier alpha value is -2.16. The Bertz CT molecular complexity index is 763. The summed E-state index contributed by atoms with van der Waals surface area (Å²) in [5.41, 5.74) is 0.483. The zero-order chi connectivity index (χ0) is 15.0. The second-order valence-corrected chi connectivity index (χ2v) is 5.30. The molecule has 21 heavy (non-hydrogen) atoms. The van der Waals surface area contributed by atoms with Crippen LogP contribution in [0.25, 0.3) is 11.2 Å². The van der Waals surface area contributed by atoms with Crippen LogP contribution in [-0.4, -0.2) is 26.6 Å². The molecule has 3 aromatic rings. The highest BCUT2D eigenvalue weighted by atomic mass is 32.1. The van der Waals surface area contributed by atoms with E-state index in [1.165, 1.54) is 24.7 Å². The molecule has 0 fully saturated rings. The topological polar surface area (TPSA) is 55.6 Å². The van der Waals surface area contributed by atoms with Gasteiger partial charge in [0.25, 0.3) is 0 Å². The molecule has 0 saturated heterocycles. The summed E-state index contributed by atoms with van der Waals surface area (Å²) in [6.07, 6.45) is -3.13. The van der Waals surface area contributed by atoms with E-state index in [-0.39, 0.29) is 11.5 Å². The molecule has 0 bridgehead atoms. The average molecular weight is 313 g/mol. The Morgan fingerprint density at radius 3 is 2.76 bits per heavy atom. The molecule has 9 heteroatoms. The number of rotatable bonds is 3. The summed E-state index contributed by atoms with van der Waals surface area (Å²) in [6.45, 7) is 0.422. The first-order valence-electron chi connectivity index (χ1n) is 5.99. The first-order valence-corrected chi connectivity index (χ1v) is 6.87. The second-order valence-electron chi connectivity index (χ2n) is 4.27. The monoisotopic (exact) mass is 313 g/mol. The van der Waals surface area contributed by atoms with Crippen molar-refractivity contribution in [3.05, 3.63) is 34.5 Å². The van der Waals surface area contributed by atoms with Crippen LogP contribution < -0.4 is 5.32 Å². The number of alkyl halides is 3. The Kier molecular flexibility index (Phi) is 3.28. The minimum absolute atomic E-state index is 0.0669. The van der Waals surface area contributed by atoms with Crippen LogP contribution >= 0.6 is 11.3 Å². The number of anilines is 1. The molecule has 0 radical (unpaired) electrons. The fourth-order valence-corrected chi connectivity index (χ4v) is 2.63. The molecular formula is C12H10F3N5S. The molecule has 0 unspecified atom stereocenters. The van der Waals surface area contributed by atoms with Gasteiger partial charge in [0.2, 0.25) is 5.82 Å². The third kappa shape index (κ3) is 2.56. The van der Waals surface area contributed by atoms with Crippen molar-refractivity contribution in [1.29, 1.82) is 0 Å². The fourth-order valence-electron chi connectivity index (χ4n) is 1.93. The van der Waals surface area contributed by atoms with Gasteiger partial charge in [0.1, 0.15) is 5.52 Å². The molecule has 1 N–H and O–H groups in total. The standard InChI is InChI=1S/C12H10F3N5S/c1-16-9-8-10(19-11(18-9)12(13,14)15)20(6-17-8)5-7-3-2-4-21-7/h2-4,6H,5H2,1H3,(H,16,18,19). The number of nitrogens with zero attached hydrogens (tertiary/aromatic N) is 4. The van der Waals surface area contributed by atoms with Gasteiger partial charge < -0.3 is 9.88 Å². The van der Waals surface area contributed by atoms with Gasteiger partial charge in [-0.2, -0.15) is 13.2 Å². The van der Waals surface area contributed by atoms with Gasteiger partial charge in [0.15, 0.2) is 11.5 Å². The van der Waals surface area contributed by atoms with Gasteiger partial charge in [-0.05, 0) is 11.4 Å². The van der Waals surface area contributed by atoms with E-state index in [4.69, 9.17) is 0 Å². The first-order chi connectivity index (χ1) is 9.99. The summed E-state index contributed by atoms with van der Waals surface area (Å²) in [4.78, 5) is 12.2. The molecule has 5 nitrogen and oxygen atoms in total. The molecule has 0 saturated carbocycles. The lowest BCUT2D eigenvalue weighted by molar-refractivity contribution is -0.144. The van der Waals surface area contributed by atoms with Crippen LogP contribution in [0.2, 0.25) is 0 Å². The van der Waals surface area contributed by atoms with E-state index >= 15 is 0 Å². The van der Waals surface area contributed by atoms with Crippen molar-refractivity contribution >= 4 is 28.3 Å². The Morgan fingerprint density at radius 2 is 2.14 bits per heavy atom. The minimum atomic E-state index is -4.60. The van der Waals surface area contributed by atoms with Crippen molar-refractivity contribution in [2.45, 2.75) is 12.7 Å². The lowest BCUT2D eigenvalue weighted by Crippen LogP contribution is -2.13. The summed E-state index contributed by atoms with van der Waals surface area (Å²) < 4.78 is 40.2. The molecule has 0 amide bonds. The number of aromatic nitrogens is 4. The van der Waals surface area contributed by atoms with Crippen molar-refractivity contribution in [2.24, 2.45) is 0 Å². The van der Waals surface area contributed by atoms with Crippen molar-refractivity contribution in [2.75, 3.05) is 12.4 Å². The highest BCUT2D eigenvalue weighted by molar-refractivity contribution is 7.09. The van der Waals surface area contributed by atoms with Crippen molar-refractivity contribution in [3.63, 3.8) is 0 Å². The molecule has 0 aliphatic rings. The smallest absolute Gasteiger partial charge is 0.371 e. The van der Waals surface area contributed by atoms with E-state index < -0.39 is 12.0 Å². The van der Waals surface area contributed by atoms with Crippen LogP contribution in [0.3, 0.4) is 0 Å². The maximum Gasteiger partial charge on any atom is 0.451 e. The van der Waals surface area contributed by atoms with E-state index in [0.717, 1.165) is 4.88 Å². The van der Waals surface area contributed by atoms with E-state index in [1.807, 2.05) is 17.5 Å². The van der Waals surface area contributed by atoms with Gasteiger partial charge in [0, 0.05) is 11.9 Å². The van der Waals surface area contributed by atoms with E-state index in [1.54, 1.807) is 4.57 Å². The van der Waals surface area contributed by atoms with Crippen LogP contribution in [0.1, 0.15) is 10.7 Å². The summed E-state index contributed by atoms with van der Waals surface area (Å²) in [5, 5.41) is 4.54. The molecule has 110 valence electrons. The van der Waals surface area contributed by atoms with Gasteiger partial charge in [-0.25, -0.2) is 15.0 Å². The number of hydrogen-bond acceptors (Lipinski definition) is 5. The third-order valence-corrected chi connectivity index (χ3v) is 3.72. The van der Waals surface area contributed by atoms with Crippen LogP contribution in [0, 0.1) is 0 Å². The molecule has 0 aromatic carbocycles. The Balaban J connectivity index is 2.14. The summed E-state index contributed by atoms with van der Waals surface area (Å²) in [7, 11) is 1.50. The number of halogens is 3. The highest BCUT2D eigenvalue weighted by Crippen LogP contribution is 2.30. The van der Waals surface area contributed by atoms with Gasteiger partial charge in [-0.3, -0.25) is 0 Å². The maximum absolute atomic E-state index is 12.9. The van der Waals surface area contributed by atoms with Crippen LogP contribution in [-0.2, 0) is 12.7 Å². The van der Waals surface area contributed by atoms with Crippen LogP contribution in [0.15, 0.2) is 23.8 Å². The third-order valence-electron chi connectivity index (χ3n) is 2.86. The number of imidazole rings is 1. The summed E-state index contributed by atoms with van der Waals surface area (Å²) in [6, 6.07) is 3.79. The molecule has 0 aliphatic heterocycles. The second kappa shape index (κ2) is 4.99. The van der Waals surface area contributed by atoms with Crippen LogP contribution in [0.5, 0.6) is 0 Å². The Labute approximate surface area is 121 Å². The molecular weight excluding hydrogens is 303 g/mol. The molecule has 0 atom stereocenters.